The molecule has 6 heteroatoms. The number of allylic oxidation sites excluding steroid dienone is 3. The van der Waals surface area contributed by atoms with E-state index in [0.29, 0.717) is 36.7 Å². The summed E-state index contributed by atoms with van der Waals surface area (Å²) >= 11 is 0. The highest BCUT2D eigenvalue weighted by Gasteiger charge is 2.46. The van der Waals surface area contributed by atoms with Gasteiger partial charge in [0.15, 0.2) is 11.5 Å². The molecule has 2 heterocycles. The quantitative estimate of drug-likeness (QED) is 0.787. The van der Waals surface area contributed by atoms with Crippen LogP contribution in [0.5, 0.6) is 11.5 Å². The van der Waals surface area contributed by atoms with E-state index in [4.69, 9.17) is 14.2 Å². The Morgan fingerprint density at radius 3 is 2.66 bits per heavy atom. The van der Waals surface area contributed by atoms with E-state index in [-0.39, 0.29) is 17.8 Å². The third-order valence-electron chi connectivity index (χ3n) is 5.66. The molecule has 6 nitrogen and oxygen atoms in total. The first-order chi connectivity index (χ1) is 13.8. The van der Waals surface area contributed by atoms with E-state index in [1.807, 2.05) is 25.1 Å². The first-order valence-corrected chi connectivity index (χ1v) is 10.1. The molecule has 2 unspecified atom stereocenters. The maximum atomic E-state index is 13.2. The van der Waals surface area contributed by atoms with Gasteiger partial charge in [0.2, 0.25) is 0 Å². The number of rotatable bonds is 3. The van der Waals surface area contributed by atoms with E-state index in [1.165, 1.54) is 0 Å². The highest BCUT2D eigenvalue weighted by atomic mass is 16.6. The van der Waals surface area contributed by atoms with Gasteiger partial charge in [-0.25, -0.2) is 4.79 Å². The van der Waals surface area contributed by atoms with Gasteiger partial charge in [-0.3, -0.25) is 4.79 Å². The van der Waals surface area contributed by atoms with Crippen LogP contribution < -0.4 is 14.8 Å². The lowest BCUT2D eigenvalue weighted by Gasteiger charge is -2.41. The fourth-order valence-corrected chi connectivity index (χ4v) is 4.56. The highest BCUT2D eigenvalue weighted by Crippen LogP contribution is 2.48. The fraction of sp³-hybridized carbons (Fsp3) is 0.478. The van der Waals surface area contributed by atoms with Crippen molar-refractivity contribution in [2.24, 2.45) is 11.3 Å². The van der Waals surface area contributed by atoms with Gasteiger partial charge in [0, 0.05) is 23.7 Å². The van der Waals surface area contributed by atoms with Gasteiger partial charge in [0.25, 0.3) is 0 Å². The Morgan fingerprint density at radius 1 is 1.21 bits per heavy atom. The van der Waals surface area contributed by atoms with Crippen molar-refractivity contribution in [2.75, 3.05) is 19.8 Å². The van der Waals surface area contributed by atoms with Crippen molar-refractivity contribution >= 4 is 11.8 Å². The predicted octanol–water partition coefficient (Wildman–Crippen LogP) is 3.48. The molecule has 29 heavy (non-hydrogen) atoms. The minimum Gasteiger partial charge on any atom is -0.486 e. The molecule has 1 aromatic carbocycles. The predicted molar refractivity (Wildman–Crippen MR) is 108 cm³/mol. The van der Waals surface area contributed by atoms with Crippen LogP contribution in [-0.4, -0.2) is 31.6 Å². The molecule has 0 amide bonds. The average Bonchev–Trinajstić information content (AvgIpc) is 2.65. The molecule has 0 aromatic heterocycles. The summed E-state index contributed by atoms with van der Waals surface area (Å²) in [7, 11) is 0. The van der Waals surface area contributed by atoms with E-state index in [1.54, 1.807) is 6.92 Å². The van der Waals surface area contributed by atoms with E-state index in [9.17, 15) is 9.59 Å². The SMILES string of the molecule is CCOC(=O)C1=C(C)NC2=CC(C)(C)CC(=O)C2C1c1ccc2c(c1)OCCO2. The molecular formula is C23H27NO5. The summed E-state index contributed by atoms with van der Waals surface area (Å²) in [6.07, 6.45) is 2.55. The van der Waals surface area contributed by atoms with Crippen molar-refractivity contribution in [1.29, 1.82) is 0 Å². The second-order valence-electron chi connectivity index (χ2n) is 8.47. The average molecular weight is 397 g/mol. The van der Waals surface area contributed by atoms with Gasteiger partial charge in [0.05, 0.1) is 18.1 Å². The fourth-order valence-electron chi connectivity index (χ4n) is 4.56. The number of ether oxygens (including phenoxy) is 3. The lowest BCUT2D eigenvalue weighted by atomic mass is 9.66. The second kappa shape index (κ2) is 7.25. The summed E-state index contributed by atoms with van der Waals surface area (Å²) in [5.74, 6) is 0.166. The third kappa shape index (κ3) is 3.52. The van der Waals surface area contributed by atoms with Crippen LogP contribution in [0.1, 0.15) is 45.6 Å². The molecule has 0 saturated heterocycles. The maximum absolute atomic E-state index is 13.2. The number of ketones is 1. The topological polar surface area (TPSA) is 73.9 Å². The number of nitrogens with one attached hydrogen (secondary N) is 1. The largest absolute Gasteiger partial charge is 0.486 e. The van der Waals surface area contributed by atoms with E-state index < -0.39 is 17.8 Å². The van der Waals surface area contributed by atoms with Crippen LogP contribution >= 0.6 is 0 Å². The van der Waals surface area contributed by atoms with Crippen molar-refractivity contribution in [3.63, 3.8) is 0 Å². The molecule has 1 aromatic rings. The van der Waals surface area contributed by atoms with Crippen LogP contribution in [0.25, 0.3) is 0 Å². The lowest BCUT2D eigenvalue weighted by molar-refractivity contribution is -0.139. The number of fused-ring (bicyclic) bond motifs is 2. The van der Waals surface area contributed by atoms with E-state index in [2.05, 4.69) is 25.2 Å². The van der Waals surface area contributed by atoms with Gasteiger partial charge in [-0.2, -0.15) is 0 Å². The van der Waals surface area contributed by atoms with Crippen molar-refractivity contribution in [3.05, 3.63) is 46.8 Å². The van der Waals surface area contributed by atoms with Gasteiger partial charge in [-0.15, -0.1) is 0 Å². The molecule has 2 atom stereocenters. The smallest absolute Gasteiger partial charge is 0.336 e. The molecule has 154 valence electrons. The zero-order chi connectivity index (χ0) is 20.8. The Balaban J connectivity index is 1.87. The van der Waals surface area contributed by atoms with Crippen molar-refractivity contribution < 1.29 is 23.8 Å². The van der Waals surface area contributed by atoms with E-state index >= 15 is 0 Å². The van der Waals surface area contributed by atoms with Crippen LogP contribution in [0.3, 0.4) is 0 Å². The molecular weight excluding hydrogens is 370 g/mol. The Bertz CT molecular complexity index is 927. The van der Waals surface area contributed by atoms with Crippen LogP contribution in [-0.2, 0) is 14.3 Å². The van der Waals surface area contributed by atoms with Gasteiger partial charge < -0.3 is 19.5 Å². The third-order valence-corrected chi connectivity index (χ3v) is 5.66. The minimum atomic E-state index is -0.450. The lowest BCUT2D eigenvalue weighted by Crippen LogP contribution is -2.43. The second-order valence-corrected chi connectivity index (χ2v) is 8.47. The zero-order valence-corrected chi connectivity index (χ0v) is 17.3. The molecule has 1 aliphatic carbocycles. The Morgan fingerprint density at radius 2 is 1.93 bits per heavy atom. The number of esters is 1. The van der Waals surface area contributed by atoms with Crippen molar-refractivity contribution in [1.82, 2.24) is 5.32 Å². The summed E-state index contributed by atoms with van der Waals surface area (Å²) in [6, 6.07) is 5.66. The first-order valence-electron chi connectivity index (χ1n) is 10.1. The highest BCUT2D eigenvalue weighted by molar-refractivity contribution is 5.96. The van der Waals surface area contributed by atoms with Gasteiger partial charge in [0.1, 0.15) is 19.0 Å². The van der Waals surface area contributed by atoms with Crippen molar-refractivity contribution in [3.8, 4) is 11.5 Å². The maximum Gasteiger partial charge on any atom is 0.336 e. The molecule has 1 N–H and O–H groups in total. The molecule has 4 rings (SSSR count). The summed E-state index contributed by atoms with van der Waals surface area (Å²) in [6.45, 7) is 9.00. The Labute approximate surface area is 170 Å². The molecule has 0 fully saturated rings. The summed E-state index contributed by atoms with van der Waals surface area (Å²) in [5, 5.41) is 3.32. The standard InChI is InChI=1S/C23H27NO5/c1-5-27-22(26)19-13(2)24-15-11-23(3,4)12-16(25)21(15)20(19)14-6-7-17-18(10-14)29-9-8-28-17/h6-7,10-11,20-21,24H,5,8-9,12H2,1-4H3. The number of hydrogen-bond acceptors (Lipinski definition) is 6. The molecule has 0 saturated carbocycles. The van der Waals surface area contributed by atoms with Gasteiger partial charge >= 0.3 is 5.97 Å². The molecule has 3 aliphatic rings. The normalized spacial score (nSPS) is 25.0. The minimum absolute atomic E-state index is 0.120. The van der Waals surface area contributed by atoms with Crippen LogP contribution in [0.15, 0.2) is 41.2 Å². The number of Topliss-reactive ketones (excluding diaryl/α,β-unsaturated/α-hetero) is 1. The Kier molecular flexibility index (Phi) is 4.89. The number of hydrogen-bond donors (Lipinski definition) is 1. The molecule has 2 aliphatic heterocycles. The van der Waals surface area contributed by atoms with Gasteiger partial charge in [-0.05, 0) is 37.0 Å². The summed E-state index contributed by atoms with van der Waals surface area (Å²) in [4.78, 5) is 26.1. The number of benzene rings is 1. The van der Waals surface area contributed by atoms with Crippen molar-refractivity contribution in [2.45, 2.75) is 40.0 Å². The zero-order valence-electron chi connectivity index (χ0n) is 17.3. The Hall–Kier alpha value is -2.76. The summed E-state index contributed by atoms with van der Waals surface area (Å²) < 4.78 is 16.7. The molecule has 0 bridgehead atoms. The first kappa shape index (κ1) is 19.6. The monoisotopic (exact) mass is 397 g/mol. The van der Waals surface area contributed by atoms with Crippen LogP contribution in [0, 0.1) is 11.3 Å². The molecule has 0 radical (unpaired) electrons. The van der Waals surface area contributed by atoms with Gasteiger partial charge in [-0.1, -0.05) is 26.0 Å². The van der Waals surface area contributed by atoms with Crippen LogP contribution in [0.2, 0.25) is 0 Å². The van der Waals surface area contributed by atoms with E-state index in [0.717, 1.165) is 17.0 Å². The molecule has 0 spiro atoms. The number of carbonyl (C=O) groups is 2. The number of carbonyl (C=O) groups excluding carboxylic acids is 2. The summed E-state index contributed by atoms with van der Waals surface area (Å²) in [5.41, 5.74) is 2.70. The van der Waals surface area contributed by atoms with Crippen LogP contribution in [0.4, 0.5) is 0 Å².